The summed E-state index contributed by atoms with van der Waals surface area (Å²) in [4.78, 5) is 23.2. The minimum absolute atomic E-state index is 0.0618. The van der Waals surface area contributed by atoms with Crippen LogP contribution in [-0.2, 0) is 21.2 Å². The molecule has 0 saturated carbocycles. The van der Waals surface area contributed by atoms with Gasteiger partial charge in [-0.15, -0.1) is 0 Å². The van der Waals surface area contributed by atoms with E-state index in [1.54, 1.807) is 25.1 Å². The summed E-state index contributed by atoms with van der Waals surface area (Å²) >= 11 is 0. The number of fused-ring (bicyclic) bond motifs is 1. The van der Waals surface area contributed by atoms with Crippen molar-refractivity contribution in [2.75, 3.05) is 23.7 Å². The van der Waals surface area contributed by atoms with Gasteiger partial charge in [0.15, 0.2) is 0 Å². The molecule has 1 aliphatic rings. The standard InChI is InChI=1S/C19H21N3O5S/c1-3-27-16-8-4-13(19(24)20-2)11-17(16)28(25,26)22-14-6-7-15-12(10-14)5-9-18(23)21-15/h4,6-8,10-11,22H,3,5,9H2,1-2H3,(H,20,24)(H,21,23). The third-order valence-corrected chi connectivity index (χ3v) is 5.68. The van der Waals surface area contributed by atoms with Crippen molar-refractivity contribution in [1.29, 1.82) is 0 Å². The monoisotopic (exact) mass is 403 g/mol. The number of hydrogen-bond donors (Lipinski definition) is 3. The number of hydrogen-bond acceptors (Lipinski definition) is 5. The largest absolute Gasteiger partial charge is 0.492 e. The van der Waals surface area contributed by atoms with Crippen LogP contribution in [0.3, 0.4) is 0 Å². The fourth-order valence-corrected chi connectivity index (χ4v) is 4.16. The van der Waals surface area contributed by atoms with Gasteiger partial charge in [0.1, 0.15) is 10.6 Å². The molecule has 0 aliphatic carbocycles. The fourth-order valence-electron chi connectivity index (χ4n) is 2.94. The van der Waals surface area contributed by atoms with Gasteiger partial charge in [-0.2, -0.15) is 0 Å². The lowest BCUT2D eigenvalue weighted by Crippen LogP contribution is -2.21. The highest BCUT2D eigenvalue weighted by Gasteiger charge is 2.23. The van der Waals surface area contributed by atoms with Crippen molar-refractivity contribution >= 4 is 33.2 Å². The van der Waals surface area contributed by atoms with Gasteiger partial charge in [0.25, 0.3) is 15.9 Å². The molecule has 1 aliphatic heterocycles. The van der Waals surface area contributed by atoms with Crippen molar-refractivity contribution in [3.05, 3.63) is 47.5 Å². The van der Waals surface area contributed by atoms with Crippen LogP contribution in [0.4, 0.5) is 11.4 Å². The lowest BCUT2D eigenvalue weighted by molar-refractivity contribution is -0.116. The molecule has 0 spiro atoms. The number of benzene rings is 2. The highest BCUT2D eigenvalue weighted by atomic mass is 32.2. The van der Waals surface area contributed by atoms with Crippen LogP contribution in [0, 0.1) is 0 Å². The van der Waals surface area contributed by atoms with Crippen molar-refractivity contribution in [3.63, 3.8) is 0 Å². The van der Waals surface area contributed by atoms with E-state index in [0.717, 1.165) is 5.56 Å². The van der Waals surface area contributed by atoms with Gasteiger partial charge in [-0.05, 0) is 55.3 Å². The number of nitrogens with one attached hydrogen (secondary N) is 3. The number of sulfonamides is 1. The number of amides is 2. The van der Waals surface area contributed by atoms with Crippen molar-refractivity contribution in [3.8, 4) is 5.75 Å². The van der Waals surface area contributed by atoms with Gasteiger partial charge in [-0.25, -0.2) is 8.42 Å². The maximum atomic E-state index is 13.0. The molecule has 3 N–H and O–H groups in total. The predicted molar refractivity (Wildman–Crippen MR) is 105 cm³/mol. The lowest BCUT2D eigenvalue weighted by Gasteiger charge is -2.18. The minimum Gasteiger partial charge on any atom is -0.492 e. The van der Waals surface area contributed by atoms with E-state index in [1.807, 2.05) is 0 Å². The fraction of sp³-hybridized carbons (Fsp3) is 0.263. The molecule has 148 valence electrons. The molecule has 0 radical (unpaired) electrons. The van der Waals surface area contributed by atoms with E-state index in [9.17, 15) is 18.0 Å². The second-order valence-electron chi connectivity index (χ2n) is 6.20. The first-order valence-corrected chi connectivity index (χ1v) is 10.3. The molecule has 0 unspecified atom stereocenters. The average molecular weight is 403 g/mol. The SMILES string of the molecule is CCOc1ccc(C(=O)NC)cc1S(=O)(=O)Nc1ccc2c(c1)CCC(=O)N2. The maximum Gasteiger partial charge on any atom is 0.265 e. The Labute approximate surface area is 163 Å². The summed E-state index contributed by atoms with van der Waals surface area (Å²) in [6.07, 6.45) is 0.888. The predicted octanol–water partition coefficient (Wildman–Crippen LogP) is 2.13. The van der Waals surface area contributed by atoms with Gasteiger partial charge in [0.2, 0.25) is 5.91 Å². The van der Waals surface area contributed by atoms with E-state index < -0.39 is 15.9 Å². The number of aryl methyl sites for hydroxylation is 1. The zero-order chi connectivity index (χ0) is 20.3. The molecule has 2 aromatic rings. The molecule has 8 nitrogen and oxygen atoms in total. The number of ether oxygens (including phenoxy) is 1. The van der Waals surface area contributed by atoms with Crippen LogP contribution in [0.15, 0.2) is 41.3 Å². The van der Waals surface area contributed by atoms with Crippen LogP contribution in [0.25, 0.3) is 0 Å². The van der Waals surface area contributed by atoms with Gasteiger partial charge >= 0.3 is 0 Å². The Balaban J connectivity index is 1.96. The van der Waals surface area contributed by atoms with Crippen LogP contribution in [0.1, 0.15) is 29.3 Å². The quantitative estimate of drug-likeness (QED) is 0.684. The zero-order valence-corrected chi connectivity index (χ0v) is 16.4. The van der Waals surface area contributed by atoms with E-state index >= 15 is 0 Å². The maximum absolute atomic E-state index is 13.0. The number of rotatable bonds is 6. The summed E-state index contributed by atoms with van der Waals surface area (Å²) < 4.78 is 33.9. The van der Waals surface area contributed by atoms with E-state index in [1.165, 1.54) is 25.2 Å². The second-order valence-corrected chi connectivity index (χ2v) is 7.85. The molecule has 1 heterocycles. The van der Waals surface area contributed by atoms with Crippen molar-refractivity contribution in [1.82, 2.24) is 5.32 Å². The number of anilines is 2. The van der Waals surface area contributed by atoms with Crippen molar-refractivity contribution in [2.24, 2.45) is 0 Å². The van der Waals surface area contributed by atoms with Crippen LogP contribution in [0.2, 0.25) is 0 Å². The summed E-state index contributed by atoms with van der Waals surface area (Å²) in [5.41, 5.74) is 2.10. The average Bonchev–Trinajstić information content (AvgIpc) is 2.67. The molecule has 0 aromatic heterocycles. The van der Waals surface area contributed by atoms with Crippen molar-refractivity contribution < 1.29 is 22.7 Å². The summed E-state index contributed by atoms with van der Waals surface area (Å²) in [6, 6.07) is 9.18. The lowest BCUT2D eigenvalue weighted by atomic mass is 10.0. The Morgan fingerprint density at radius 2 is 1.96 bits per heavy atom. The van der Waals surface area contributed by atoms with E-state index in [-0.39, 0.29) is 28.7 Å². The smallest absolute Gasteiger partial charge is 0.265 e. The van der Waals surface area contributed by atoms with E-state index in [2.05, 4.69) is 15.4 Å². The van der Waals surface area contributed by atoms with Gasteiger partial charge in [0, 0.05) is 30.4 Å². The summed E-state index contributed by atoms with van der Waals surface area (Å²) in [6.45, 7) is 2.02. The zero-order valence-electron chi connectivity index (χ0n) is 15.5. The molecular formula is C19H21N3O5S. The summed E-state index contributed by atoms with van der Waals surface area (Å²) in [5.74, 6) is -0.301. The first-order chi connectivity index (χ1) is 13.3. The first-order valence-electron chi connectivity index (χ1n) is 8.78. The molecular weight excluding hydrogens is 382 g/mol. The molecule has 2 aromatic carbocycles. The van der Waals surface area contributed by atoms with Gasteiger partial charge in [-0.1, -0.05) is 0 Å². The van der Waals surface area contributed by atoms with Crippen LogP contribution in [-0.4, -0.2) is 33.9 Å². The molecule has 0 atom stereocenters. The third kappa shape index (κ3) is 4.09. The molecule has 3 rings (SSSR count). The molecule has 0 fully saturated rings. The molecule has 28 heavy (non-hydrogen) atoms. The first kappa shape index (κ1) is 19.7. The Morgan fingerprint density at radius 3 is 2.68 bits per heavy atom. The number of carbonyl (C=O) groups excluding carboxylic acids is 2. The van der Waals surface area contributed by atoms with E-state index in [4.69, 9.17) is 4.74 Å². The topological polar surface area (TPSA) is 114 Å². The summed E-state index contributed by atoms with van der Waals surface area (Å²) in [5, 5.41) is 5.22. The van der Waals surface area contributed by atoms with Crippen LogP contribution < -0.4 is 20.1 Å². The molecule has 2 amide bonds. The highest BCUT2D eigenvalue weighted by Crippen LogP contribution is 2.30. The summed E-state index contributed by atoms with van der Waals surface area (Å²) in [7, 11) is -2.54. The molecule has 9 heteroatoms. The minimum atomic E-state index is -4.01. The molecule has 0 bridgehead atoms. The Hall–Kier alpha value is -3.07. The Morgan fingerprint density at radius 1 is 1.18 bits per heavy atom. The van der Waals surface area contributed by atoms with Gasteiger partial charge in [0.05, 0.1) is 6.61 Å². The Kier molecular flexibility index (Phi) is 5.55. The molecule has 0 saturated heterocycles. The highest BCUT2D eigenvalue weighted by molar-refractivity contribution is 7.92. The number of carbonyl (C=O) groups is 2. The Bertz CT molecular complexity index is 1030. The van der Waals surface area contributed by atoms with Crippen molar-refractivity contribution in [2.45, 2.75) is 24.7 Å². The van der Waals surface area contributed by atoms with E-state index in [0.29, 0.717) is 24.2 Å². The third-order valence-electron chi connectivity index (χ3n) is 4.28. The van der Waals surface area contributed by atoms with Crippen LogP contribution >= 0.6 is 0 Å². The van der Waals surface area contributed by atoms with Gasteiger partial charge in [-0.3, -0.25) is 14.3 Å². The normalized spacial score (nSPS) is 13.3. The van der Waals surface area contributed by atoms with Gasteiger partial charge < -0.3 is 15.4 Å². The van der Waals surface area contributed by atoms with Crippen LogP contribution in [0.5, 0.6) is 5.75 Å². The second kappa shape index (κ2) is 7.89.